The molecule has 2 aromatic rings. The Morgan fingerprint density at radius 3 is 1.77 bits per heavy atom. The number of benzene rings is 2. The van der Waals surface area contributed by atoms with E-state index >= 15 is 0 Å². The molecule has 2 aromatic carbocycles. The van der Waals surface area contributed by atoms with Crippen molar-refractivity contribution in [3.63, 3.8) is 0 Å². The summed E-state index contributed by atoms with van der Waals surface area (Å²) in [7, 11) is -4.16. The van der Waals surface area contributed by atoms with Crippen molar-refractivity contribution >= 4 is 15.7 Å². The van der Waals surface area contributed by atoms with Crippen LogP contribution in [0.25, 0.3) is 0 Å². The Morgan fingerprint density at radius 2 is 1.33 bits per heavy atom. The Kier molecular flexibility index (Phi) is 5.96. The van der Waals surface area contributed by atoms with E-state index in [4.69, 9.17) is 0 Å². The van der Waals surface area contributed by atoms with E-state index in [2.05, 4.69) is 4.72 Å². The fraction of sp³-hybridized carbons (Fsp3) is 0.368. The van der Waals surface area contributed by atoms with Crippen LogP contribution in [0.4, 0.5) is 32.0 Å². The van der Waals surface area contributed by atoms with Crippen molar-refractivity contribution in [1.29, 1.82) is 0 Å². The molecule has 4 nitrogen and oxygen atoms in total. The molecular formula is C19H19F6NO3S. The molecule has 11 heteroatoms. The summed E-state index contributed by atoms with van der Waals surface area (Å²) in [4.78, 5) is -0.143. The van der Waals surface area contributed by atoms with Gasteiger partial charge in [0, 0.05) is 5.56 Å². The average Bonchev–Trinajstić information content (AvgIpc) is 2.59. The minimum Gasteiger partial charge on any atom is -0.369 e. The third kappa shape index (κ3) is 4.41. The molecular weight excluding hydrogens is 436 g/mol. The van der Waals surface area contributed by atoms with Crippen molar-refractivity contribution in [2.24, 2.45) is 0 Å². The van der Waals surface area contributed by atoms with Crippen LogP contribution in [-0.4, -0.2) is 25.9 Å². The van der Waals surface area contributed by atoms with Crippen molar-refractivity contribution in [2.45, 2.75) is 49.0 Å². The second-order valence-corrected chi connectivity index (χ2v) is 9.32. The smallest absolute Gasteiger partial charge is 0.369 e. The fourth-order valence-electron chi connectivity index (χ4n) is 2.77. The normalized spacial score (nSPS) is 13.9. The number of hydrogen-bond acceptors (Lipinski definition) is 3. The quantitative estimate of drug-likeness (QED) is 0.631. The van der Waals surface area contributed by atoms with Crippen molar-refractivity contribution in [3.8, 4) is 0 Å². The van der Waals surface area contributed by atoms with Gasteiger partial charge >= 0.3 is 12.4 Å². The van der Waals surface area contributed by atoms with E-state index in [1.54, 1.807) is 6.07 Å². The summed E-state index contributed by atoms with van der Waals surface area (Å²) >= 11 is 0. The van der Waals surface area contributed by atoms with Crippen molar-refractivity contribution in [1.82, 2.24) is 0 Å². The highest BCUT2D eigenvalue weighted by Crippen LogP contribution is 2.51. The molecule has 0 heterocycles. The first-order valence-electron chi connectivity index (χ1n) is 8.50. The molecule has 0 saturated carbocycles. The van der Waals surface area contributed by atoms with Gasteiger partial charge in [0.25, 0.3) is 15.6 Å². The number of aliphatic hydroxyl groups is 1. The zero-order chi connectivity index (χ0) is 23.2. The summed E-state index contributed by atoms with van der Waals surface area (Å²) in [6.45, 7) is 4.44. The molecule has 0 aromatic heterocycles. The maximum Gasteiger partial charge on any atom is 0.430 e. The van der Waals surface area contributed by atoms with Crippen LogP contribution in [0.5, 0.6) is 0 Å². The first-order valence-corrected chi connectivity index (χ1v) is 9.98. The zero-order valence-electron chi connectivity index (χ0n) is 16.1. The van der Waals surface area contributed by atoms with Gasteiger partial charge in [-0.05, 0) is 35.2 Å². The highest BCUT2D eigenvalue weighted by Gasteiger charge is 2.71. The lowest BCUT2D eigenvalue weighted by molar-refractivity contribution is -0.376. The van der Waals surface area contributed by atoms with Gasteiger partial charge in [-0.15, -0.1) is 0 Å². The van der Waals surface area contributed by atoms with E-state index in [-0.39, 0.29) is 16.1 Å². The monoisotopic (exact) mass is 455 g/mol. The van der Waals surface area contributed by atoms with Gasteiger partial charge in [0.1, 0.15) is 0 Å². The molecule has 0 bridgehead atoms. The first-order chi connectivity index (χ1) is 13.4. The van der Waals surface area contributed by atoms with Crippen LogP contribution in [0.1, 0.15) is 31.9 Å². The van der Waals surface area contributed by atoms with Gasteiger partial charge in [0.15, 0.2) is 0 Å². The number of nitrogens with one attached hydrogen (secondary N) is 1. The Balaban J connectivity index is 2.67. The summed E-state index contributed by atoms with van der Waals surface area (Å²) in [5, 5.41) is 9.66. The summed E-state index contributed by atoms with van der Waals surface area (Å²) < 4.78 is 107. The standard InChI is InChI=1S/C19H19F6NO3S/c1-16(2,3)14-11-12(17(27,18(20,21)22)19(23,24)25)9-10-15(14)26-30(28,29)13-7-5-4-6-8-13/h4-11,26-27H,1-3H3. The van der Waals surface area contributed by atoms with E-state index in [0.29, 0.717) is 12.1 Å². The Hall–Kier alpha value is -2.27. The van der Waals surface area contributed by atoms with E-state index in [1.165, 1.54) is 45.0 Å². The average molecular weight is 455 g/mol. The third-order valence-electron chi connectivity index (χ3n) is 4.36. The third-order valence-corrected chi connectivity index (χ3v) is 5.75. The summed E-state index contributed by atoms with van der Waals surface area (Å²) in [6.07, 6.45) is -12.1. The summed E-state index contributed by atoms with van der Waals surface area (Å²) in [5.74, 6) is 0. The highest BCUT2D eigenvalue weighted by molar-refractivity contribution is 7.92. The SMILES string of the molecule is CC(C)(C)c1cc(C(O)(C(F)(F)F)C(F)(F)F)ccc1NS(=O)(=O)c1ccccc1. The molecule has 0 aliphatic heterocycles. The number of rotatable bonds is 4. The van der Waals surface area contributed by atoms with Gasteiger partial charge in [0.05, 0.1) is 10.6 Å². The largest absolute Gasteiger partial charge is 0.430 e. The van der Waals surface area contributed by atoms with Crippen molar-refractivity contribution < 1.29 is 39.9 Å². The minimum absolute atomic E-state index is 0.143. The van der Waals surface area contributed by atoms with Gasteiger partial charge in [-0.25, -0.2) is 8.42 Å². The molecule has 0 saturated heterocycles. The fourth-order valence-corrected chi connectivity index (χ4v) is 3.87. The molecule has 0 spiro atoms. The summed E-state index contributed by atoms with van der Waals surface area (Å²) in [6, 6.07) is 8.73. The molecule has 0 fully saturated rings. The van der Waals surface area contributed by atoms with Gasteiger partial charge in [-0.3, -0.25) is 4.72 Å². The molecule has 2 rings (SSSR count). The minimum atomic E-state index is -6.05. The van der Waals surface area contributed by atoms with Crippen LogP contribution >= 0.6 is 0 Å². The zero-order valence-corrected chi connectivity index (χ0v) is 16.9. The topological polar surface area (TPSA) is 66.4 Å². The van der Waals surface area contributed by atoms with E-state index in [1.807, 2.05) is 0 Å². The molecule has 0 atom stereocenters. The molecule has 30 heavy (non-hydrogen) atoms. The number of alkyl halides is 6. The molecule has 2 N–H and O–H groups in total. The van der Waals surface area contributed by atoms with Gasteiger partial charge in [0.2, 0.25) is 0 Å². The lowest BCUT2D eigenvalue weighted by Gasteiger charge is -2.34. The van der Waals surface area contributed by atoms with Crippen molar-refractivity contribution in [3.05, 3.63) is 59.7 Å². The molecule has 0 unspecified atom stereocenters. The van der Waals surface area contributed by atoms with E-state index < -0.39 is 39.0 Å². The maximum absolute atomic E-state index is 13.2. The van der Waals surface area contributed by atoms with Gasteiger partial charge in [-0.1, -0.05) is 45.0 Å². The Labute approximate surface area is 169 Å². The Bertz CT molecular complexity index is 995. The van der Waals surface area contributed by atoms with Crippen LogP contribution in [-0.2, 0) is 21.0 Å². The lowest BCUT2D eigenvalue weighted by Crippen LogP contribution is -2.54. The molecule has 166 valence electrons. The number of sulfonamides is 1. The number of halogens is 6. The first kappa shape index (κ1) is 24.0. The predicted octanol–water partition coefficient (Wildman–Crippen LogP) is 5.10. The van der Waals surface area contributed by atoms with Gasteiger partial charge < -0.3 is 5.11 Å². The van der Waals surface area contributed by atoms with Crippen molar-refractivity contribution in [2.75, 3.05) is 4.72 Å². The predicted molar refractivity (Wildman–Crippen MR) is 98.4 cm³/mol. The van der Waals surface area contributed by atoms with Crippen LogP contribution in [0.2, 0.25) is 0 Å². The molecule has 0 radical (unpaired) electrons. The molecule has 0 aliphatic carbocycles. The Morgan fingerprint density at radius 1 is 0.833 bits per heavy atom. The second kappa shape index (κ2) is 7.45. The maximum atomic E-state index is 13.2. The second-order valence-electron chi connectivity index (χ2n) is 7.63. The summed E-state index contributed by atoms with van der Waals surface area (Å²) in [5.41, 5.74) is -8.01. The molecule has 0 amide bonds. The van der Waals surface area contributed by atoms with Crippen LogP contribution in [0, 0.1) is 0 Å². The molecule has 0 aliphatic rings. The number of hydrogen-bond donors (Lipinski definition) is 2. The van der Waals surface area contributed by atoms with Crippen LogP contribution in [0.3, 0.4) is 0 Å². The van der Waals surface area contributed by atoms with Crippen LogP contribution < -0.4 is 4.72 Å². The van der Waals surface area contributed by atoms with Crippen LogP contribution in [0.15, 0.2) is 53.4 Å². The van der Waals surface area contributed by atoms with Gasteiger partial charge in [-0.2, -0.15) is 26.3 Å². The highest BCUT2D eigenvalue weighted by atomic mass is 32.2. The van der Waals surface area contributed by atoms with E-state index in [0.717, 1.165) is 6.07 Å². The number of anilines is 1. The lowest BCUT2D eigenvalue weighted by atomic mass is 9.82. The van der Waals surface area contributed by atoms with E-state index in [9.17, 15) is 39.9 Å².